The minimum Gasteiger partial charge on any atom is -0.497 e. The first-order valence-corrected chi connectivity index (χ1v) is 7.90. The highest BCUT2D eigenvalue weighted by Crippen LogP contribution is 2.18. The summed E-state index contributed by atoms with van der Waals surface area (Å²) in [6, 6.07) is 6.84. The molecule has 134 valence electrons. The lowest BCUT2D eigenvalue weighted by molar-refractivity contribution is 0.100. The first kappa shape index (κ1) is 18.3. The highest BCUT2D eigenvalue weighted by atomic mass is 16.6. The Kier molecular flexibility index (Phi) is 5.63. The van der Waals surface area contributed by atoms with Crippen molar-refractivity contribution in [2.24, 2.45) is 0 Å². The van der Waals surface area contributed by atoms with E-state index in [0.717, 1.165) is 4.68 Å². The second-order valence-electron chi connectivity index (χ2n) is 5.19. The minimum absolute atomic E-state index is 0.122. The second-order valence-corrected chi connectivity index (χ2v) is 5.19. The third-order valence-corrected chi connectivity index (χ3v) is 3.63. The molecule has 0 spiro atoms. The summed E-state index contributed by atoms with van der Waals surface area (Å²) in [4.78, 5) is 36.7. The molecule has 25 heavy (non-hydrogen) atoms. The fraction of sp³-hybridized carbons (Fsp3) is 0.353. The van der Waals surface area contributed by atoms with Crippen LogP contribution in [0.2, 0.25) is 0 Å². The number of carbonyl (C=O) groups excluding carboxylic acids is 2. The summed E-state index contributed by atoms with van der Waals surface area (Å²) in [6.45, 7) is 4.97. The van der Waals surface area contributed by atoms with Gasteiger partial charge in [-0.15, -0.1) is 0 Å². The van der Waals surface area contributed by atoms with Crippen LogP contribution in [0.4, 0.5) is 4.79 Å². The monoisotopic (exact) mass is 347 g/mol. The van der Waals surface area contributed by atoms with E-state index in [2.05, 4.69) is 5.43 Å². The van der Waals surface area contributed by atoms with Gasteiger partial charge in [-0.2, -0.15) is 4.68 Å². The molecule has 0 aliphatic carbocycles. The normalized spacial score (nSPS) is 10.4. The van der Waals surface area contributed by atoms with Crippen LogP contribution in [0.15, 0.2) is 29.1 Å². The Hall–Kier alpha value is -3.03. The third kappa shape index (κ3) is 3.57. The zero-order chi connectivity index (χ0) is 18.6. The fourth-order valence-corrected chi connectivity index (χ4v) is 2.59. The maximum absolute atomic E-state index is 12.8. The molecule has 2 aromatic rings. The van der Waals surface area contributed by atoms with Gasteiger partial charge in [0.2, 0.25) is 0 Å². The van der Waals surface area contributed by atoms with Crippen LogP contribution in [0.1, 0.15) is 37.0 Å². The highest BCUT2D eigenvalue weighted by molar-refractivity contribution is 5.94. The molecule has 0 saturated heterocycles. The smallest absolute Gasteiger partial charge is 0.426 e. The van der Waals surface area contributed by atoms with Crippen LogP contribution in [0, 0.1) is 0 Å². The van der Waals surface area contributed by atoms with Gasteiger partial charge in [-0.3, -0.25) is 9.36 Å². The number of nitrogens with one attached hydrogen (secondary N) is 1. The molecule has 0 unspecified atom stereocenters. The van der Waals surface area contributed by atoms with Crippen molar-refractivity contribution >= 4 is 11.9 Å². The predicted octanol–water partition coefficient (Wildman–Crippen LogP) is 2.11. The molecule has 1 N–H and O–H groups in total. The molecule has 2 rings (SSSR count). The summed E-state index contributed by atoms with van der Waals surface area (Å²) in [5, 5.41) is 0. The van der Waals surface area contributed by atoms with Gasteiger partial charge in [0.15, 0.2) is 5.78 Å². The molecule has 0 bridgehead atoms. The van der Waals surface area contributed by atoms with Crippen LogP contribution in [-0.4, -0.2) is 34.8 Å². The molecule has 0 aliphatic heterocycles. The van der Waals surface area contributed by atoms with Crippen molar-refractivity contribution in [3.63, 3.8) is 0 Å². The number of ketones is 1. The van der Waals surface area contributed by atoms with Crippen molar-refractivity contribution < 1.29 is 19.1 Å². The van der Waals surface area contributed by atoms with E-state index in [1.807, 2.05) is 6.92 Å². The van der Waals surface area contributed by atoms with E-state index in [9.17, 15) is 14.4 Å². The lowest BCUT2D eigenvalue weighted by Gasteiger charge is -2.08. The van der Waals surface area contributed by atoms with Crippen LogP contribution >= 0.6 is 0 Å². The molecule has 8 nitrogen and oxygen atoms in total. The van der Waals surface area contributed by atoms with Crippen molar-refractivity contribution in [1.29, 1.82) is 0 Å². The quantitative estimate of drug-likeness (QED) is 0.808. The predicted molar refractivity (Wildman–Crippen MR) is 92.3 cm³/mol. The molecule has 1 aromatic heterocycles. The van der Waals surface area contributed by atoms with Gasteiger partial charge in [-0.25, -0.2) is 15.0 Å². The number of hydrogen-bond donors (Lipinski definition) is 1. The molecule has 0 atom stereocenters. The summed E-state index contributed by atoms with van der Waals surface area (Å²) < 4.78 is 12.3. The van der Waals surface area contributed by atoms with E-state index < -0.39 is 11.8 Å². The Morgan fingerprint density at radius 2 is 1.80 bits per heavy atom. The number of imidazole rings is 1. The zero-order valence-corrected chi connectivity index (χ0v) is 14.7. The average molecular weight is 347 g/mol. The summed E-state index contributed by atoms with van der Waals surface area (Å²) in [7, 11) is 1.55. The minimum atomic E-state index is -0.804. The topological polar surface area (TPSA) is 91.6 Å². The average Bonchev–Trinajstić information content (AvgIpc) is 2.87. The van der Waals surface area contributed by atoms with Crippen LogP contribution in [0.5, 0.6) is 5.75 Å². The molecule has 1 amide bonds. The fourth-order valence-electron chi connectivity index (χ4n) is 2.59. The number of benzene rings is 1. The number of methoxy groups -OCH3 is 1. The maximum Gasteiger partial charge on any atom is 0.426 e. The van der Waals surface area contributed by atoms with Crippen molar-refractivity contribution in [2.75, 3.05) is 19.1 Å². The van der Waals surface area contributed by atoms with E-state index in [0.29, 0.717) is 23.6 Å². The highest BCUT2D eigenvalue weighted by Gasteiger charge is 2.24. The molecular weight excluding hydrogens is 326 g/mol. The van der Waals surface area contributed by atoms with E-state index in [4.69, 9.17) is 9.47 Å². The molecule has 1 heterocycles. The molecule has 1 aromatic carbocycles. The molecule has 0 radical (unpaired) electrons. The number of ether oxygens (including phenoxy) is 2. The van der Waals surface area contributed by atoms with Crippen molar-refractivity contribution in [1.82, 2.24) is 9.24 Å². The van der Waals surface area contributed by atoms with Gasteiger partial charge in [-0.1, -0.05) is 6.92 Å². The standard InChI is InChI=1S/C17H21N3O5/c1-5-14-15(11(3)21)20(18-16(22)25-6-2)17(23)19(14)12-7-9-13(24-4)10-8-12/h7-10H,5-6H2,1-4H3,(H,18,22). The Balaban J connectivity index is 2.65. The van der Waals surface area contributed by atoms with Crippen LogP contribution < -0.4 is 15.9 Å². The lowest BCUT2D eigenvalue weighted by Crippen LogP contribution is -2.35. The SMILES string of the molecule is CCOC(=O)Nn1c(C(C)=O)c(CC)n(-c2ccc(OC)cc2)c1=O. The maximum atomic E-state index is 12.8. The number of rotatable bonds is 6. The molecular formula is C17H21N3O5. The largest absolute Gasteiger partial charge is 0.497 e. The number of Topliss-reactive ketones (excluding diaryl/α,β-unsaturated/α-hetero) is 1. The second kappa shape index (κ2) is 7.69. The van der Waals surface area contributed by atoms with Gasteiger partial charge in [0.25, 0.3) is 0 Å². The zero-order valence-electron chi connectivity index (χ0n) is 14.7. The third-order valence-electron chi connectivity index (χ3n) is 3.63. The van der Waals surface area contributed by atoms with Crippen LogP contribution in [-0.2, 0) is 11.2 Å². The van der Waals surface area contributed by atoms with Gasteiger partial charge >= 0.3 is 11.8 Å². The molecule has 0 aliphatic rings. The van der Waals surface area contributed by atoms with Gasteiger partial charge in [0.1, 0.15) is 11.4 Å². The van der Waals surface area contributed by atoms with Crippen molar-refractivity contribution in [2.45, 2.75) is 27.2 Å². The van der Waals surface area contributed by atoms with E-state index >= 15 is 0 Å². The number of carbonyl (C=O) groups is 2. The Morgan fingerprint density at radius 3 is 2.28 bits per heavy atom. The lowest BCUT2D eigenvalue weighted by atomic mass is 10.2. The van der Waals surface area contributed by atoms with Gasteiger partial charge in [0.05, 0.1) is 25.1 Å². The summed E-state index contributed by atoms with van der Waals surface area (Å²) >= 11 is 0. The first-order chi connectivity index (χ1) is 11.9. The summed E-state index contributed by atoms with van der Waals surface area (Å²) in [5.74, 6) is 0.309. The molecule has 0 saturated carbocycles. The molecule has 0 fully saturated rings. The first-order valence-electron chi connectivity index (χ1n) is 7.90. The molecule has 8 heteroatoms. The number of amides is 1. The Labute approximate surface area is 144 Å². The van der Waals surface area contributed by atoms with E-state index in [1.54, 1.807) is 38.3 Å². The number of hydrogen-bond acceptors (Lipinski definition) is 5. The summed E-state index contributed by atoms with van der Waals surface area (Å²) in [5.41, 5.74) is 2.96. The van der Waals surface area contributed by atoms with E-state index in [-0.39, 0.29) is 18.1 Å². The number of aromatic nitrogens is 2. The van der Waals surface area contributed by atoms with E-state index in [1.165, 1.54) is 11.5 Å². The van der Waals surface area contributed by atoms with Gasteiger partial charge in [-0.05, 0) is 37.6 Å². The Morgan fingerprint density at radius 1 is 1.16 bits per heavy atom. The van der Waals surface area contributed by atoms with Crippen molar-refractivity contribution in [3.05, 3.63) is 46.1 Å². The summed E-state index contributed by atoms with van der Waals surface area (Å²) in [6.07, 6.45) is -0.380. The van der Waals surface area contributed by atoms with Crippen LogP contribution in [0.3, 0.4) is 0 Å². The van der Waals surface area contributed by atoms with Gasteiger partial charge in [0, 0.05) is 6.92 Å². The van der Waals surface area contributed by atoms with Gasteiger partial charge < -0.3 is 9.47 Å². The Bertz CT molecular complexity index is 833. The number of nitrogens with zero attached hydrogens (tertiary/aromatic N) is 2. The van der Waals surface area contributed by atoms with Crippen molar-refractivity contribution in [3.8, 4) is 11.4 Å². The van der Waals surface area contributed by atoms with Crippen LogP contribution in [0.25, 0.3) is 5.69 Å².